The first-order valence-corrected chi connectivity index (χ1v) is 8.81. The molecule has 1 saturated heterocycles. The third-order valence-corrected chi connectivity index (χ3v) is 4.73. The van der Waals surface area contributed by atoms with Gasteiger partial charge in [0, 0.05) is 10.2 Å². The number of halogens is 1. The highest BCUT2D eigenvalue weighted by Gasteiger charge is 2.52. The molecule has 5 amide bonds. The van der Waals surface area contributed by atoms with E-state index in [1.807, 2.05) is 6.07 Å². The summed E-state index contributed by atoms with van der Waals surface area (Å²) in [6.07, 6.45) is 0.355. The first-order valence-electron chi connectivity index (χ1n) is 8.01. The molecule has 1 aliphatic heterocycles. The van der Waals surface area contributed by atoms with Crippen molar-refractivity contribution in [1.29, 1.82) is 0 Å². The summed E-state index contributed by atoms with van der Waals surface area (Å²) in [6, 6.07) is 14.5. The molecule has 1 heterocycles. The number of hydrogen-bond donors (Lipinski definition) is 3. The SMILES string of the molecule is CCC1(c2ccccc2)NC(=O)N(NC(=O)Nc2ccc(Br)cc2)C1=O. The zero-order valence-corrected chi connectivity index (χ0v) is 15.5. The Morgan fingerprint density at radius 1 is 1.12 bits per heavy atom. The van der Waals surface area contributed by atoms with Crippen LogP contribution in [0.3, 0.4) is 0 Å². The number of rotatable bonds is 4. The standard InChI is InChI=1S/C18H17BrN4O3/c1-2-18(12-6-4-3-5-7-12)15(24)23(17(26)21-18)22-16(25)20-14-10-8-13(19)9-11-14/h3-11H,2H2,1H3,(H,21,26)(H2,20,22,25). The van der Waals surface area contributed by atoms with Crippen molar-refractivity contribution in [2.24, 2.45) is 0 Å². The Morgan fingerprint density at radius 3 is 2.38 bits per heavy atom. The summed E-state index contributed by atoms with van der Waals surface area (Å²) in [7, 11) is 0. The molecule has 0 bridgehead atoms. The van der Waals surface area contributed by atoms with Gasteiger partial charge >= 0.3 is 12.1 Å². The molecule has 0 radical (unpaired) electrons. The van der Waals surface area contributed by atoms with Gasteiger partial charge in [0.15, 0.2) is 0 Å². The van der Waals surface area contributed by atoms with Crippen LogP contribution in [0.15, 0.2) is 59.1 Å². The summed E-state index contributed by atoms with van der Waals surface area (Å²) in [5.41, 5.74) is 2.31. The van der Waals surface area contributed by atoms with Crippen LogP contribution in [0.5, 0.6) is 0 Å². The van der Waals surface area contributed by atoms with Crippen molar-refractivity contribution in [3.8, 4) is 0 Å². The van der Waals surface area contributed by atoms with Gasteiger partial charge in [-0.2, -0.15) is 5.01 Å². The highest BCUT2D eigenvalue weighted by molar-refractivity contribution is 9.10. The molecule has 0 aliphatic carbocycles. The first kappa shape index (κ1) is 17.9. The second-order valence-electron chi connectivity index (χ2n) is 5.77. The molecule has 1 aliphatic rings. The van der Waals surface area contributed by atoms with Crippen molar-refractivity contribution in [3.63, 3.8) is 0 Å². The lowest BCUT2D eigenvalue weighted by molar-refractivity contribution is -0.133. The number of nitrogens with one attached hydrogen (secondary N) is 3. The van der Waals surface area contributed by atoms with Gasteiger partial charge in [-0.25, -0.2) is 15.0 Å². The molecule has 1 unspecified atom stereocenters. The summed E-state index contributed by atoms with van der Waals surface area (Å²) < 4.78 is 0.869. The van der Waals surface area contributed by atoms with Crippen LogP contribution in [0, 0.1) is 0 Å². The van der Waals surface area contributed by atoms with Gasteiger partial charge in [0.2, 0.25) is 0 Å². The second kappa shape index (κ2) is 7.17. The van der Waals surface area contributed by atoms with Gasteiger partial charge < -0.3 is 10.6 Å². The van der Waals surface area contributed by atoms with Crippen molar-refractivity contribution < 1.29 is 14.4 Å². The molecule has 8 heteroatoms. The van der Waals surface area contributed by atoms with Crippen molar-refractivity contribution in [2.45, 2.75) is 18.9 Å². The molecule has 134 valence electrons. The lowest BCUT2D eigenvalue weighted by atomic mass is 9.87. The monoisotopic (exact) mass is 416 g/mol. The normalized spacial score (nSPS) is 19.2. The van der Waals surface area contributed by atoms with Crippen LogP contribution in [0.4, 0.5) is 15.3 Å². The van der Waals surface area contributed by atoms with Gasteiger partial charge in [-0.15, -0.1) is 0 Å². The molecule has 0 saturated carbocycles. The highest BCUT2D eigenvalue weighted by atomic mass is 79.9. The third-order valence-electron chi connectivity index (χ3n) is 4.20. The number of nitrogens with zero attached hydrogens (tertiary/aromatic N) is 1. The average Bonchev–Trinajstić information content (AvgIpc) is 2.89. The van der Waals surface area contributed by atoms with E-state index in [2.05, 4.69) is 32.0 Å². The maximum Gasteiger partial charge on any atom is 0.344 e. The summed E-state index contributed by atoms with van der Waals surface area (Å²) in [4.78, 5) is 37.4. The lowest BCUT2D eigenvalue weighted by Crippen LogP contribution is -2.49. The molecule has 3 rings (SSSR count). The minimum atomic E-state index is -1.19. The lowest BCUT2D eigenvalue weighted by Gasteiger charge is -2.25. The van der Waals surface area contributed by atoms with Gasteiger partial charge in [0.05, 0.1) is 0 Å². The van der Waals surface area contributed by atoms with Crippen LogP contribution in [-0.4, -0.2) is 23.0 Å². The number of amides is 5. The molecule has 26 heavy (non-hydrogen) atoms. The molecule has 7 nitrogen and oxygen atoms in total. The van der Waals surface area contributed by atoms with E-state index >= 15 is 0 Å². The van der Waals surface area contributed by atoms with Crippen molar-refractivity contribution >= 4 is 39.6 Å². The number of imide groups is 1. The zero-order valence-electron chi connectivity index (χ0n) is 14.0. The molecule has 0 aromatic heterocycles. The molecule has 3 N–H and O–H groups in total. The highest BCUT2D eigenvalue weighted by Crippen LogP contribution is 2.31. The fourth-order valence-electron chi connectivity index (χ4n) is 2.83. The van der Waals surface area contributed by atoms with Crippen LogP contribution in [0.1, 0.15) is 18.9 Å². The quantitative estimate of drug-likeness (QED) is 0.667. The van der Waals surface area contributed by atoms with Crippen molar-refractivity contribution in [3.05, 3.63) is 64.6 Å². The second-order valence-corrected chi connectivity index (χ2v) is 6.68. The summed E-state index contributed by atoms with van der Waals surface area (Å²) in [5.74, 6) is -0.526. The van der Waals surface area contributed by atoms with Crippen molar-refractivity contribution in [2.75, 3.05) is 5.32 Å². The summed E-state index contributed by atoms with van der Waals surface area (Å²) >= 11 is 3.31. The maximum atomic E-state index is 12.9. The van der Waals surface area contributed by atoms with Crippen LogP contribution in [0.2, 0.25) is 0 Å². The molecule has 0 spiro atoms. The number of benzene rings is 2. The molecular formula is C18H17BrN4O3. The number of hydrogen-bond acceptors (Lipinski definition) is 3. The minimum absolute atomic E-state index is 0.355. The number of carbonyl (C=O) groups is 3. The Labute approximate surface area is 158 Å². The van der Waals surface area contributed by atoms with Gasteiger partial charge in [-0.05, 0) is 36.2 Å². The fraction of sp³-hybridized carbons (Fsp3) is 0.167. The van der Waals surface area contributed by atoms with Crippen LogP contribution >= 0.6 is 15.9 Å². The van der Waals surface area contributed by atoms with E-state index < -0.39 is 23.5 Å². The van der Waals surface area contributed by atoms with E-state index in [1.54, 1.807) is 55.5 Å². The number of carbonyl (C=O) groups excluding carboxylic acids is 3. The van der Waals surface area contributed by atoms with E-state index in [0.29, 0.717) is 22.7 Å². The Morgan fingerprint density at radius 2 is 1.77 bits per heavy atom. The van der Waals surface area contributed by atoms with E-state index in [-0.39, 0.29) is 0 Å². The van der Waals surface area contributed by atoms with Gasteiger partial charge in [0.25, 0.3) is 5.91 Å². The smallest absolute Gasteiger partial charge is 0.318 e. The largest absolute Gasteiger partial charge is 0.344 e. The molecule has 1 atom stereocenters. The van der Waals surface area contributed by atoms with Crippen LogP contribution in [0.25, 0.3) is 0 Å². The van der Waals surface area contributed by atoms with Gasteiger partial charge in [-0.1, -0.05) is 53.2 Å². The predicted octanol–water partition coefficient (Wildman–Crippen LogP) is 3.34. The van der Waals surface area contributed by atoms with E-state index in [0.717, 1.165) is 4.47 Å². The number of hydrazine groups is 1. The maximum absolute atomic E-state index is 12.9. The molecule has 2 aromatic carbocycles. The molecular weight excluding hydrogens is 400 g/mol. The minimum Gasteiger partial charge on any atom is -0.318 e. The predicted molar refractivity (Wildman–Crippen MR) is 100 cm³/mol. The Hall–Kier alpha value is -2.87. The fourth-order valence-corrected chi connectivity index (χ4v) is 3.10. The zero-order chi connectivity index (χ0) is 18.7. The number of urea groups is 2. The Balaban J connectivity index is 1.76. The van der Waals surface area contributed by atoms with Crippen molar-refractivity contribution in [1.82, 2.24) is 15.8 Å². The topological polar surface area (TPSA) is 90.5 Å². The Kier molecular flexibility index (Phi) is 4.94. The third kappa shape index (κ3) is 3.28. The average molecular weight is 417 g/mol. The van der Waals surface area contributed by atoms with E-state index in [1.165, 1.54) is 0 Å². The van der Waals surface area contributed by atoms with E-state index in [9.17, 15) is 14.4 Å². The summed E-state index contributed by atoms with van der Waals surface area (Å²) in [6.45, 7) is 1.80. The first-order chi connectivity index (χ1) is 12.5. The Bertz CT molecular complexity index is 841. The van der Waals surface area contributed by atoms with E-state index in [4.69, 9.17) is 0 Å². The molecule has 1 fully saturated rings. The van der Waals surface area contributed by atoms with Gasteiger partial charge in [0.1, 0.15) is 5.54 Å². The van der Waals surface area contributed by atoms with Gasteiger partial charge in [-0.3, -0.25) is 4.79 Å². The molecule has 2 aromatic rings. The van der Waals surface area contributed by atoms with Crippen LogP contribution < -0.4 is 16.1 Å². The number of anilines is 1. The summed E-state index contributed by atoms with van der Waals surface area (Å²) in [5, 5.41) is 5.99. The van der Waals surface area contributed by atoms with Crippen LogP contribution in [-0.2, 0) is 10.3 Å².